The van der Waals surface area contributed by atoms with E-state index in [4.69, 9.17) is 9.47 Å². The lowest BCUT2D eigenvalue weighted by molar-refractivity contribution is -0.144. The number of carbonyl (C=O) groups is 3. The molecule has 9 nitrogen and oxygen atoms in total. The second kappa shape index (κ2) is 10.1. The number of hydrogen-bond donors (Lipinski definition) is 3. The van der Waals surface area contributed by atoms with E-state index in [-0.39, 0.29) is 24.3 Å². The third-order valence-corrected chi connectivity index (χ3v) is 8.03. The summed E-state index contributed by atoms with van der Waals surface area (Å²) in [4.78, 5) is 42.6. The lowest BCUT2D eigenvalue weighted by Gasteiger charge is -2.36. The van der Waals surface area contributed by atoms with Gasteiger partial charge in [-0.15, -0.1) is 0 Å². The number of methoxy groups -OCH3 is 1. The van der Waals surface area contributed by atoms with E-state index >= 15 is 0 Å². The minimum atomic E-state index is -1.12. The number of ether oxygens (including phenoxy) is 2. The van der Waals surface area contributed by atoms with E-state index in [1.165, 1.54) is 4.90 Å². The fourth-order valence-corrected chi connectivity index (χ4v) is 6.29. The lowest BCUT2D eigenvalue weighted by atomic mass is 9.70. The number of aliphatic hydroxyl groups is 1. The van der Waals surface area contributed by atoms with Crippen molar-refractivity contribution in [1.82, 2.24) is 10.2 Å². The second-order valence-electron chi connectivity index (χ2n) is 9.97. The first-order chi connectivity index (χ1) is 17.9. The van der Waals surface area contributed by atoms with E-state index in [0.29, 0.717) is 37.2 Å². The van der Waals surface area contributed by atoms with Gasteiger partial charge in [-0.1, -0.05) is 37.3 Å². The maximum Gasteiger partial charge on any atom is 0.250 e. The van der Waals surface area contributed by atoms with Crippen molar-refractivity contribution in [1.29, 1.82) is 0 Å². The Labute approximate surface area is 216 Å². The highest BCUT2D eigenvalue weighted by molar-refractivity contribution is 6.03. The normalized spacial score (nSPS) is 28.6. The molecule has 1 spiro atoms. The van der Waals surface area contributed by atoms with Gasteiger partial charge in [0.05, 0.1) is 37.7 Å². The Morgan fingerprint density at radius 1 is 1.16 bits per heavy atom. The van der Waals surface area contributed by atoms with E-state index < -0.39 is 35.6 Å². The Morgan fingerprint density at radius 2 is 1.89 bits per heavy atom. The summed E-state index contributed by atoms with van der Waals surface area (Å²) >= 11 is 0. The highest BCUT2D eigenvalue weighted by atomic mass is 16.5. The largest absolute Gasteiger partial charge is 0.497 e. The summed E-state index contributed by atoms with van der Waals surface area (Å²) in [7, 11) is 1.56. The molecule has 0 aromatic heterocycles. The fourth-order valence-electron chi connectivity index (χ4n) is 6.29. The third-order valence-electron chi connectivity index (χ3n) is 8.03. The Kier molecular flexibility index (Phi) is 6.92. The standard InChI is InChI=1S/C28H33N3O6/c1-3-19(16-32)31-24(26(34)30-18-9-11-20(36-2)12-10-18)28-14-13-21(37-28)22(23(28)27(31)35)25(33)29-15-17-7-5-4-6-8-17/h4-12,19,21-24,32H,3,13-16H2,1-2H3,(H,29,33)(H,30,34)/t19-,21-,22+,23-,24?,28?/m0/s1. The topological polar surface area (TPSA) is 117 Å². The Hall–Kier alpha value is -3.43. The molecule has 196 valence electrons. The van der Waals surface area contributed by atoms with Crippen molar-refractivity contribution in [2.24, 2.45) is 11.8 Å². The van der Waals surface area contributed by atoms with E-state index in [9.17, 15) is 19.5 Å². The molecule has 9 heteroatoms. The number of anilines is 1. The van der Waals surface area contributed by atoms with Gasteiger partial charge in [-0.2, -0.15) is 0 Å². The maximum absolute atomic E-state index is 13.9. The van der Waals surface area contributed by atoms with Crippen molar-refractivity contribution >= 4 is 23.4 Å². The molecule has 6 atom stereocenters. The van der Waals surface area contributed by atoms with Gasteiger partial charge < -0.3 is 30.1 Å². The van der Waals surface area contributed by atoms with Gasteiger partial charge in [0.2, 0.25) is 17.7 Å². The minimum absolute atomic E-state index is 0.248. The van der Waals surface area contributed by atoms with Crippen LogP contribution in [0.5, 0.6) is 5.75 Å². The highest BCUT2D eigenvalue weighted by Gasteiger charge is 2.75. The van der Waals surface area contributed by atoms with Crippen molar-refractivity contribution in [3.63, 3.8) is 0 Å². The molecule has 37 heavy (non-hydrogen) atoms. The summed E-state index contributed by atoms with van der Waals surface area (Å²) in [5.74, 6) is -1.77. The van der Waals surface area contributed by atoms with Gasteiger partial charge in [0, 0.05) is 12.2 Å². The fraction of sp³-hybridized carbons (Fsp3) is 0.464. The van der Waals surface area contributed by atoms with Crippen molar-refractivity contribution in [3.8, 4) is 5.75 Å². The number of hydrogen-bond acceptors (Lipinski definition) is 6. The van der Waals surface area contributed by atoms with Crippen LogP contribution in [0.4, 0.5) is 5.69 Å². The average Bonchev–Trinajstić information content (AvgIpc) is 3.57. The Bertz CT molecular complexity index is 1150. The number of carbonyl (C=O) groups excluding carboxylic acids is 3. The molecule has 3 N–H and O–H groups in total. The van der Waals surface area contributed by atoms with Crippen LogP contribution < -0.4 is 15.4 Å². The molecule has 0 radical (unpaired) electrons. The van der Waals surface area contributed by atoms with Gasteiger partial charge in [-0.25, -0.2) is 0 Å². The number of nitrogens with zero attached hydrogens (tertiary/aromatic N) is 1. The smallest absolute Gasteiger partial charge is 0.250 e. The molecule has 3 heterocycles. The Morgan fingerprint density at radius 3 is 2.54 bits per heavy atom. The van der Waals surface area contributed by atoms with Crippen LogP contribution in [0.3, 0.4) is 0 Å². The van der Waals surface area contributed by atoms with Crippen LogP contribution in [0.2, 0.25) is 0 Å². The second-order valence-corrected chi connectivity index (χ2v) is 9.97. The van der Waals surface area contributed by atoms with Crippen LogP contribution in [0, 0.1) is 11.8 Å². The van der Waals surface area contributed by atoms with Gasteiger partial charge in [-0.3, -0.25) is 14.4 Å². The molecule has 3 amide bonds. The number of fused-ring (bicyclic) bond motifs is 1. The summed E-state index contributed by atoms with van der Waals surface area (Å²) in [6.45, 7) is 1.92. The number of aliphatic hydroxyl groups excluding tert-OH is 1. The van der Waals surface area contributed by atoms with Crippen molar-refractivity contribution in [2.75, 3.05) is 19.0 Å². The van der Waals surface area contributed by atoms with E-state index in [1.54, 1.807) is 31.4 Å². The monoisotopic (exact) mass is 507 g/mol. The first kappa shape index (κ1) is 25.2. The van der Waals surface area contributed by atoms with E-state index in [1.807, 2.05) is 37.3 Å². The lowest BCUT2D eigenvalue weighted by Crippen LogP contribution is -2.56. The van der Waals surface area contributed by atoms with Crippen LogP contribution in [-0.4, -0.2) is 65.2 Å². The summed E-state index contributed by atoms with van der Waals surface area (Å²) in [6.07, 6.45) is 1.11. The van der Waals surface area contributed by atoms with Crippen molar-refractivity contribution in [2.45, 2.75) is 56.5 Å². The van der Waals surface area contributed by atoms with E-state index in [2.05, 4.69) is 10.6 Å². The number of likely N-dealkylation sites (tertiary alicyclic amines) is 1. The van der Waals surface area contributed by atoms with Crippen LogP contribution in [0.25, 0.3) is 0 Å². The molecule has 2 bridgehead atoms. The predicted octanol–water partition coefficient (Wildman–Crippen LogP) is 2.10. The number of amides is 3. The molecular formula is C28H33N3O6. The first-order valence-electron chi connectivity index (χ1n) is 12.8. The molecule has 2 aromatic rings. The van der Waals surface area contributed by atoms with E-state index in [0.717, 1.165) is 5.56 Å². The van der Waals surface area contributed by atoms with Gasteiger partial charge in [-0.05, 0) is 49.1 Å². The van der Waals surface area contributed by atoms with Gasteiger partial charge in [0.25, 0.3) is 0 Å². The molecule has 3 fully saturated rings. The predicted molar refractivity (Wildman–Crippen MR) is 136 cm³/mol. The average molecular weight is 508 g/mol. The quantitative estimate of drug-likeness (QED) is 0.479. The zero-order valence-corrected chi connectivity index (χ0v) is 21.1. The van der Waals surface area contributed by atoms with Crippen LogP contribution in [0.15, 0.2) is 54.6 Å². The molecule has 5 rings (SSSR count). The zero-order chi connectivity index (χ0) is 26.2. The van der Waals surface area contributed by atoms with Gasteiger partial charge >= 0.3 is 0 Å². The number of rotatable bonds is 9. The minimum Gasteiger partial charge on any atom is -0.497 e. The van der Waals surface area contributed by atoms with Crippen LogP contribution >= 0.6 is 0 Å². The molecule has 3 aliphatic rings. The molecule has 2 unspecified atom stereocenters. The SMILES string of the molecule is CC[C@@H](CO)N1C(=O)[C@@H]2[C@H](C(=O)NCc3ccccc3)[C@@H]3CCC2(O3)C1C(=O)Nc1ccc(OC)cc1. The molecule has 0 saturated carbocycles. The van der Waals surface area contributed by atoms with Gasteiger partial charge in [0.1, 0.15) is 17.4 Å². The summed E-state index contributed by atoms with van der Waals surface area (Å²) in [5, 5.41) is 16.0. The Balaban J connectivity index is 1.43. The summed E-state index contributed by atoms with van der Waals surface area (Å²) in [5.41, 5.74) is 0.396. The van der Waals surface area contributed by atoms with Crippen molar-refractivity contribution < 1.29 is 29.0 Å². The van der Waals surface area contributed by atoms with Crippen molar-refractivity contribution in [3.05, 3.63) is 60.2 Å². The maximum atomic E-state index is 13.9. The first-order valence-corrected chi connectivity index (χ1v) is 12.8. The van der Waals surface area contributed by atoms with Crippen LogP contribution in [-0.2, 0) is 25.7 Å². The highest BCUT2D eigenvalue weighted by Crippen LogP contribution is 2.59. The number of benzene rings is 2. The molecule has 0 aliphatic carbocycles. The molecule has 2 aromatic carbocycles. The summed E-state index contributed by atoms with van der Waals surface area (Å²) in [6, 6.07) is 15.0. The molecule has 3 saturated heterocycles. The molecular weight excluding hydrogens is 474 g/mol. The number of nitrogens with one attached hydrogen (secondary N) is 2. The zero-order valence-electron chi connectivity index (χ0n) is 21.1. The van der Waals surface area contributed by atoms with Crippen LogP contribution in [0.1, 0.15) is 31.7 Å². The third kappa shape index (κ3) is 4.26. The van der Waals surface area contributed by atoms with Gasteiger partial charge in [0.15, 0.2) is 0 Å². The summed E-state index contributed by atoms with van der Waals surface area (Å²) < 4.78 is 11.6. The molecule has 3 aliphatic heterocycles.